The van der Waals surface area contributed by atoms with E-state index in [9.17, 15) is 13.2 Å². The second-order valence-electron chi connectivity index (χ2n) is 6.44. The van der Waals surface area contributed by atoms with Crippen molar-refractivity contribution in [1.82, 2.24) is 5.32 Å². The second kappa shape index (κ2) is 7.87. The van der Waals surface area contributed by atoms with Gasteiger partial charge >= 0.3 is 0 Å². The van der Waals surface area contributed by atoms with E-state index < -0.39 is 15.1 Å². The monoisotopic (exact) mass is 361 g/mol. The molecule has 1 fully saturated rings. The van der Waals surface area contributed by atoms with Crippen molar-refractivity contribution in [3.63, 3.8) is 0 Å². The van der Waals surface area contributed by atoms with E-state index in [0.717, 1.165) is 25.7 Å². The highest BCUT2D eigenvalue weighted by molar-refractivity contribution is 7.91. The van der Waals surface area contributed by atoms with E-state index in [1.165, 1.54) is 12.7 Å². The fourth-order valence-corrected chi connectivity index (χ4v) is 4.92. The Hall–Kier alpha value is -2.08. The molecule has 1 aliphatic carbocycles. The lowest BCUT2D eigenvalue weighted by atomic mass is 9.89. The van der Waals surface area contributed by atoms with Gasteiger partial charge in [0.2, 0.25) is 5.91 Å². The van der Waals surface area contributed by atoms with Crippen LogP contribution in [0.2, 0.25) is 0 Å². The molecule has 0 aliphatic heterocycles. The molecular weight excluding hydrogens is 338 g/mol. The number of hydrogen-bond acceptors (Lipinski definition) is 4. The average Bonchev–Trinajstić information content (AvgIpc) is 3.17. The predicted octanol–water partition coefficient (Wildman–Crippen LogP) is 3.49. The lowest BCUT2D eigenvalue weighted by Crippen LogP contribution is -2.36. The molecule has 1 N–H and O–H groups in total. The molecule has 2 aromatic rings. The molecule has 25 heavy (non-hydrogen) atoms. The number of sulfone groups is 1. The summed E-state index contributed by atoms with van der Waals surface area (Å²) in [6, 6.07) is 11.6. The van der Waals surface area contributed by atoms with Crippen LogP contribution < -0.4 is 5.32 Å². The lowest BCUT2D eigenvalue weighted by Gasteiger charge is -2.22. The van der Waals surface area contributed by atoms with Gasteiger partial charge in [0.25, 0.3) is 0 Å². The molecule has 0 saturated heterocycles. The van der Waals surface area contributed by atoms with Gasteiger partial charge in [-0.3, -0.25) is 4.79 Å². The summed E-state index contributed by atoms with van der Waals surface area (Å²) in [6.07, 6.45) is 6.49. The number of carbonyl (C=O) groups excluding carboxylic acids is 1. The molecule has 1 aromatic heterocycles. The third-order valence-electron chi connectivity index (χ3n) is 4.74. The van der Waals surface area contributed by atoms with Crippen molar-refractivity contribution in [1.29, 1.82) is 0 Å². The summed E-state index contributed by atoms with van der Waals surface area (Å²) >= 11 is 0. The molecule has 0 spiro atoms. The molecule has 0 radical (unpaired) electrons. The third kappa shape index (κ3) is 4.12. The first kappa shape index (κ1) is 17.7. The Balaban J connectivity index is 1.78. The molecule has 1 aliphatic rings. The van der Waals surface area contributed by atoms with Crippen LogP contribution >= 0.6 is 0 Å². The van der Waals surface area contributed by atoms with E-state index in [-0.39, 0.29) is 23.3 Å². The van der Waals surface area contributed by atoms with Crippen molar-refractivity contribution in [3.8, 4) is 0 Å². The van der Waals surface area contributed by atoms with Crippen molar-refractivity contribution in [3.05, 3.63) is 54.5 Å². The number of benzene rings is 1. The topological polar surface area (TPSA) is 76.4 Å². The summed E-state index contributed by atoms with van der Waals surface area (Å²) < 4.78 is 31.4. The highest BCUT2D eigenvalue weighted by Gasteiger charge is 2.32. The summed E-state index contributed by atoms with van der Waals surface area (Å²) in [6.45, 7) is 0.0140. The van der Waals surface area contributed by atoms with Crippen LogP contribution in [0.3, 0.4) is 0 Å². The molecule has 1 aromatic carbocycles. The Morgan fingerprint density at radius 1 is 1.08 bits per heavy atom. The smallest absolute Gasteiger partial charge is 0.223 e. The van der Waals surface area contributed by atoms with Gasteiger partial charge in [0, 0.05) is 12.5 Å². The van der Waals surface area contributed by atoms with Crippen molar-refractivity contribution in [2.24, 2.45) is 5.92 Å². The normalized spacial score (nSPS) is 17.1. The van der Waals surface area contributed by atoms with Gasteiger partial charge in [0.1, 0.15) is 11.0 Å². The van der Waals surface area contributed by atoms with Crippen LogP contribution in [0, 0.1) is 5.92 Å². The van der Waals surface area contributed by atoms with Gasteiger partial charge in [0.05, 0.1) is 11.2 Å². The van der Waals surface area contributed by atoms with Crippen LogP contribution in [0.4, 0.5) is 0 Å². The minimum Gasteiger partial charge on any atom is -0.468 e. The predicted molar refractivity (Wildman–Crippen MR) is 94.7 cm³/mol. The minimum absolute atomic E-state index is 0.00886. The van der Waals surface area contributed by atoms with E-state index in [0.29, 0.717) is 5.76 Å². The van der Waals surface area contributed by atoms with Crippen molar-refractivity contribution in [2.75, 3.05) is 6.54 Å². The highest BCUT2D eigenvalue weighted by atomic mass is 32.2. The fourth-order valence-electron chi connectivity index (χ4n) is 3.31. The van der Waals surface area contributed by atoms with Crippen LogP contribution in [0.15, 0.2) is 58.0 Å². The van der Waals surface area contributed by atoms with E-state index in [2.05, 4.69) is 5.32 Å². The van der Waals surface area contributed by atoms with E-state index >= 15 is 0 Å². The van der Waals surface area contributed by atoms with E-state index in [4.69, 9.17) is 4.42 Å². The Morgan fingerprint density at radius 2 is 1.80 bits per heavy atom. The highest BCUT2D eigenvalue weighted by Crippen LogP contribution is 2.29. The Bertz CT molecular complexity index is 778. The largest absolute Gasteiger partial charge is 0.468 e. The Labute approximate surface area is 148 Å². The van der Waals surface area contributed by atoms with Gasteiger partial charge in [-0.15, -0.1) is 0 Å². The Kier molecular flexibility index (Phi) is 5.58. The first-order chi connectivity index (χ1) is 12.1. The maximum absolute atomic E-state index is 13.0. The van der Waals surface area contributed by atoms with Gasteiger partial charge < -0.3 is 9.73 Å². The molecule has 134 valence electrons. The number of carbonyl (C=O) groups is 1. The first-order valence-corrected chi connectivity index (χ1v) is 10.2. The SMILES string of the molecule is O=C(NCC(c1ccco1)S(=O)(=O)c1ccccc1)C1CCCCC1. The number of rotatable bonds is 6. The van der Waals surface area contributed by atoms with Crippen LogP contribution in [0.1, 0.15) is 43.1 Å². The second-order valence-corrected chi connectivity index (χ2v) is 8.57. The van der Waals surface area contributed by atoms with Crippen molar-refractivity contribution >= 4 is 15.7 Å². The van der Waals surface area contributed by atoms with Gasteiger partial charge in [-0.2, -0.15) is 0 Å². The number of nitrogens with one attached hydrogen (secondary N) is 1. The van der Waals surface area contributed by atoms with Gasteiger partial charge in [-0.1, -0.05) is 37.5 Å². The summed E-state index contributed by atoms with van der Waals surface area (Å²) in [4.78, 5) is 12.6. The van der Waals surface area contributed by atoms with E-state index in [1.54, 1.807) is 42.5 Å². The molecular formula is C19H23NO4S. The minimum atomic E-state index is -3.66. The van der Waals surface area contributed by atoms with Crippen LogP contribution in [-0.2, 0) is 14.6 Å². The van der Waals surface area contributed by atoms with Crippen molar-refractivity contribution in [2.45, 2.75) is 42.2 Å². The van der Waals surface area contributed by atoms with Gasteiger partial charge in [0.15, 0.2) is 9.84 Å². The van der Waals surface area contributed by atoms with Crippen LogP contribution in [0.5, 0.6) is 0 Å². The lowest BCUT2D eigenvalue weighted by molar-refractivity contribution is -0.125. The maximum atomic E-state index is 13.0. The third-order valence-corrected chi connectivity index (χ3v) is 6.82. The summed E-state index contributed by atoms with van der Waals surface area (Å²) in [7, 11) is -3.66. The first-order valence-electron chi connectivity index (χ1n) is 8.69. The summed E-state index contributed by atoms with van der Waals surface area (Å²) in [5, 5.41) is 1.91. The number of hydrogen-bond donors (Lipinski definition) is 1. The molecule has 1 saturated carbocycles. The molecule has 5 nitrogen and oxygen atoms in total. The molecule has 1 unspecified atom stereocenters. The molecule has 0 bridgehead atoms. The number of amides is 1. The van der Waals surface area contributed by atoms with E-state index in [1.807, 2.05) is 0 Å². The quantitative estimate of drug-likeness (QED) is 0.854. The molecule has 3 rings (SSSR count). The average molecular weight is 361 g/mol. The Morgan fingerprint density at radius 3 is 2.44 bits per heavy atom. The van der Waals surface area contributed by atoms with Crippen LogP contribution in [0.25, 0.3) is 0 Å². The fraction of sp³-hybridized carbons (Fsp3) is 0.421. The molecule has 1 heterocycles. The maximum Gasteiger partial charge on any atom is 0.223 e. The van der Waals surface area contributed by atoms with Gasteiger partial charge in [-0.05, 0) is 37.1 Å². The standard InChI is InChI=1S/C19H23NO4S/c21-19(15-8-3-1-4-9-15)20-14-18(17-12-7-13-24-17)25(22,23)16-10-5-2-6-11-16/h2,5-7,10-13,15,18H,1,3-4,8-9,14H2,(H,20,21). The zero-order chi connectivity index (χ0) is 17.7. The van der Waals surface area contributed by atoms with Crippen LogP contribution in [-0.4, -0.2) is 20.9 Å². The molecule has 1 atom stereocenters. The van der Waals surface area contributed by atoms with Crippen molar-refractivity contribution < 1.29 is 17.6 Å². The number of furan rings is 1. The zero-order valence-corrected chi connectivity index (χ0v) is 14.9. The van der Waals surface area contributed by atoms with Gasteiger partial charge in [-0.25, -0.2) is 8.42 Å². The summed E-state index contributed by atoms with van der Waals surface area (Å²) in [5.41, 5.74) is 0. The molecule has 6 heteroatoms. The molecule has 1 amide bonds. The zero-order valence-electron chi connectivity index (χ0n) is 14.1. The summed E-state index contributed by atoms with van der Waals surface area (Å²) in [5.74, 6) is 0.276.